The van der Waals surface area contributed by atoms with Gasteiger partial charge in [0.25, 0.3) is 0 Å². The minimum Gasteiger partial charge on any atom is -0.399 e. The first-order chi connectivity index (χ1) is 9.11. The maximum atomic E-state index is 5.75. The molecule has 0 saturated carbocycles. The number of hydrogen-bond acceptors (Lipinski definition) is 4. The first kappa shape index (κ1) is 13.0. The number of nitrogen functional groups attached to an aromatic ring is 1. The number of rotatable bonds is 2. The molecule has 0 amide bonds. The van der Waals surface area contributed by atoms with Crippen LogP contribution < -0.4 is 5.73 Å². The molecule has 2 aromatic heterocycles. The standard InChI is InChI=1S/C12H8Br2N4S/c13-6-3-8(14)11(16-5-6)19-12-17-9-2-1-7(15)4-10(9)18-12/h1-5H,15H2,(H,17,18). The largest absolute Gasteiger partial charge is 0.399 e. The number of halogens is 2. The summed E-state index contributed by atoms with van der Waals surface area (Å²) in [6.07, 6.45) is 1.76. The third kappa shape index (κ3) is 2.77. The summed E-state index contributed by atoms with van der Waals surface area (Å²) in [5.41, 5.74) is 8.29. The Labute approximate surface area is 130 Å². The minimum atomic E-state index is 0.718. The fraction of sp³-hybridized carbons (Fsp3) is 0. The zero-order chi connectivity index (χ0) is 13.4. The van der Waals surface area contributed by atoms with E-state index in [1.807, 2.05) is 24.3 Å². The van der Waals surface area contributed by atoms with E-state index in [9.17, 15) is 0 Å². The molecule has 0 aliphatic carbocycles. The summed E-state index contributed by atoms with van der Waals surface area (Å²) < 4.78 is 1.85. The predicted molar refractivity (Wildman–Crippen MR) is 84.3 cm³/mol. The highest BCUT2D eigenvalue weighted by Gasteiger charge is 2.09. The molecule has 0 spiro atoms. The number of anilines is 1. The van der Waals surface area contributed by atoms with E-state index in [1.165, 1.54) is 11.8 Å². The molecule has 1 aromatic carbocycles. The molecular weight excluding hydrogens is 392 g/mol. The molecule has 0 fully saturated rings. The number of pyridine rings is 1. The van der Waals surface area contributed by atoms with Gasteiger partial charge in [0.2, 0.25) is 0 Å². The van der Waals surface area contributed by atoms with Crippen LogP contribution in [0.15, 0.2) is 49.6 Å². The number of aromatic nitrogens is 3. The van der Waals surface area contributed by atoms with Gasteiger partial charge >= 0.3 is 0 Å². The van der Waals surface area contributed by atoms with Gasteiger partial charge in [-0.25, -0.2) is 9.97 Å². The summed E-state index contributed by atoms with van der Waals surface area (Å²) in [6.45, 7) is 0. The van der Waals surface area contributed by atoms with Crippen LogP contribution in [0.25, 0.3) is 11.0 Å². The van der Waals surface area contributed by atoms with Gasteiger partial charge in [-0.1, -0.05) is 0 Å². The number of fused-ring (bicyclic) bond motifs is 1. The van der Waals surface area contributed by atoms with E-state index in [2.05, 4.69) is 46.8 Å². The van der Waals surface area contributed by atoms with Crippen molar-refractivity contribution in [2.24, 2.45) is 0 Å². The first-order valence-corrected chi connectivity index (χ1v) is 7.76. The fourth-order valence-electron chi connectivity index (χ4n) is 1.62. The van der Waals surface area contributed by atoms with Crippen molar-refractivity contribution in [1.82, 2.24) is 15.0 Å². The predicted octanol–water partition coefficient (Wildman–Crippen LogP) is 4.22. The molecule has 0 bridgehead atoms. The monoisotopic (exact) mass is 398 g/mol. The summed E-state index contributed by atoms with van der Waals surface area (Å²) >= 11 is 8.33. The summed E-state index contributed by atoms with van der Waals surface area (Å²) in [4.78, 5) is 12.1. The van der Waals surface area contributed by atoms with Crippen molar-refractivity contribution >= 4 is 60.3 Å². The maximum Gasteiger partial charge on any atom is 0.172 e. The van der Waals surface area contributed by atoms with Crippen molar-refractivity contribution in [3.05, 3.63) is 39.4 Å². The van der Waals surface area contributed by atoms with Crippen LogP contribution in [-0.2, 0) is 0 Å². The van der Waals surface area contributed by atoms with E-state index in [1.54, 1.807) is 6.20 Å². The van der Waals surface area contributed by atoms with Gasteiger partial charge in [-0.05, 0) is 67.9 Å². The zero-order valence-electron chi connectivity index (χ0n) is 9.52. The third-order valence-corrected chi connectivity index (χ3v) is 4.66. The number of H-pyrrole nitrogens is 1. The van der Waals surface area contributed by atoms with Gasteiger partial charge in [0.15, 0.2) is 5.16 Å². The van der Waals surface area contributed by atoms with Gasteiger partial charge in [0, 0.05) is 16.4 Å². The Hall–Kier alpha value is -1.05. The molecule has 3 N–H and O–H groups in total. The number of nitrogens with zero attached hydrogens (tertiary/aromatic N) is 2. The first-order valence-electron chi connectivity index (χ1n) is 5.36. The lowest BCUT2D eigenvalue weighted by Gasteiger charge is -2.00. The van der Waals surface area contributed by atoms with E-state index >= 15 is 0 Å². The van der Waals surface area contributed by atoms with Crippen LogP contribution in [0, 0.1) is 0 Å². The Morgan fingerprint density at radius 2 is 2.05 bits per heavy atom. The molecule has 0 radical (unpaired) electrons. The lowest BCUT2D eigenvalue weighted by Crippen LogP contribution is -1.83. The molecule has 4 nitrogen and oxygen atoms in total. The molecule has 0 unspecified atom stereocenters. The Morgan fingerprint density at radius 1 is 1.21 bits per heavy atom. The highest BCUT2D eigenvalue weighted by Crippen LogP contribution is 2.32. The molecular formula is C12H8Br2N4S. The van der Waals surface area contributed by atoms with Crippen LogP contribution in [0.3, 0.4) is 0 Å². The summed E-state index contributed by atoms with van der Waals surface area (Å²) in [5, 5.41) is 1.64. The van der Waals surface area contributed by atoms with Gasteiger partial charge in [-0.3, -0.25) is 0 Å². The van der Waals surface area contributed by atoms with Crippen molar-refractivity contribution in [1.29, 1.82) is 0 Å². The lowest BCUT2D eigenvalue weighted by molar-refractivity contribution is 1.04. The Balaban J connectivity index is 1.96. The smallest absolute Gasteiger partial charge is 0.172 e. The van der Waals surface area contributed by atoms with E-state index in [0.29, 0.717) is 0 Å². The Morgan fingerprint density at radius 3 is 2.84 bits per heavy atom. The fourth-order valence-corrected chi connectivity index (χ4v) is 3.60. The molecule has 0 atom stereocenters. The van der Waals surface area contributed by atoms with Crippen LogP contribution in [0.4, 0.5) is 5.69 Å². The van der Waals surface area contributed by atoms with Crippen LogP contribution in [0.1, 0.15) is 0 Å². The molecule has 0 aliphatic heterocycles. The van der Waals surface area contributed by atoms with Crippen molar-refractivity contribution in [2.45, 2.75) is 10.2 Å². The SMILES string of the molecule is Nc1ccc2nc(Sc3ncc(Br)cc3Br)[nH]c2c1. The Kier molecular flexibility index (Phi) is 3.51. The average Bonchev–Trinajstić information content (AvgIpc) is 2.74. The van der Waals surface area contributed by atoms with Crippen molar-refractivity contribution in [3.63, 3.8) is 0 Å². The van der Waals surface area contributed by atoms with E-state index in [0.717, 1.165) is 35.8 Å². The van der Waals surface area contributed by atoms with Crippen molar-refractivity contribution < 1.29 is 0 Å². The van der Waals surface area contributed by atoms with Gasteiger partial charge in [-0.15, -0.1) is 0 Å². The topological polar surface area (TPSA) is 67.6 Å². The van der Waals surface area contributed by atoms with Gasteiger partial charge in [-0.2, -0.15) is 0 Å². The highest BCUT2D eigenvalue weighted by atomic mass is 79.9. The number of imidazole rings is 1. The van der Waals surface area contributed by atoms with Crippen LogP contribution in [0.2, 0.25) is 0 Å². The number of benzene rings is 1. The second kappa shape index (κ2) is 5.15. The summed E-state index contributed by atoms with van der Waals surface area (Å²) in [6, 6.07) is 7.56. The van der Waals surface area contributed by atoms with Crippen molar-refractivity contribution in [2.75, 3.05) is 5.73 Å². The molecule has 2 heterocycles. The van der Waals surface area contributed by atoms with Crippen LogP contribution in [-0.4, -0.2) is 15.0 Å². The molecule has 0 aliphatic rings. The second-order valence-electron chi connectivity index (χ2n) is 3.86. The summed E-state index contributed by atoms with van der Waals surface area (Å²) in [7, 11) is 0. The molecule has 96 valence electrons. The van der Waals surface area contributed by atoms with E-state index in [4.69, 9.17) is 5.73 Å². The second-order valence-corrected chi connectivity index (χ2v) is 6.61. The Bertz CT molecular complexity index is 757. The third-order valence-electron chi connectivity index (χ3n) is 2.45. The number of aromatic amines is 1. The zero-order valence-corrected chi connectivity index (χ0v) is 13.5. The molecule has 3 rings (SSSR count). The number of hydrogen-bond donors (Lipinski definition) is 2. The van der Waals surface area contributed by atoms with Crippen molar-refractivity contribution in [3.8, 4) is 0 Å². The van der Waals surface area contributed by atoms with Crippen LogP contribution >= 0.6 is 43.6 Å². The number of nitrogens with two attached hydrogens (primary N) is 1. The molecule has 19 heavy (non-hydrogen) atoms. The molecule has 7 heteroatoms. The van der Waals surface area contributed by atoms with Gasteiger partial charge < -0.3 is 10.7 Å². The normalized spacial score (nSPS) is 11.1. The number of nitrogens with one attached hydrogen (secondary N) is 1. The minimum absolute atomic E-state index is 0.718. The van der Waals surface area contributed by atoms with Gasteiger partial charge in [0.1, 0.15) is 5.03 Å². The lowest BCUT2D eigenvalue weighted by atomic mass is 10.3. The highest BCUT2D eigenvalue weighted by molar-refractivity contribution is 9.11. The maximum absolute atomic E-state index is 5.75. The molecule has 0 saturated heterocycles. The van der Waals surface area contributed by atoms with Crippen LogP contribution in [0.5, 0.6) is 0 Å². The average molecular weight is 400 g/mol. The van der Waals surface area contributed by atoms with E-state index < -0.39 is 0 Å². The quantitative estimate of drug-likeness (QED) is 0.633. The van der Waals surface area contributed by atoms with E-state index in [-0.39, 0.29) is 0 Å². The van der Waals surface area contributed by atoms with Gasteiger partial charge in [0.05, 0.1) is 15.5 Å². The summed E-state index contributed by atoms with van der Waals surface area (Å²) in [5.74, 6) is 0. The molecule has 3 aromatic rings.